The SMILES string of the molecule is Cc1cc(-c2nc(-c3ccc4c(c3)CC[C@@H]4N[C@H]3C[C@H](C=O)C3)no2)ccc1-c1ccccc1. The van der Waals surface area contributed by atoms with E-state index in [1.54, 1.807) is 0 Å². The van der Waals surface area contributed by atoms with Crippen molar-refractivity contribution in [3.8, 4) is 34.0 Å². The molecule has 5 heteroatoms. The number of nitrogens with one attached hydrogen (secondary N) is 1. The van der Waals surface area contributed by atoms with Gasteiger partial charge in [0.2, 0.25) is 5.82 Å². The predicted molar refractivity (Wildman–Crippen MR) is 132 cm³/mol. The number of carbonyl (C=O) groups excluding carboxylic acids is 1. The van der Waals surface area contributed by atoms with Crippen molar-refractivity contribution in [1.29, 1.82) is 0 Å². The van der Waals surface area contributed by atoms with Crippen molar-refractivity contribution in [1.82, 2.24) is 15.5 Å². The van der Waals surface area contributed by atoms with Gasteiger partial charge in [-0.25, -0.2) is 0 Å². The Morgan fingerprint density at radius 3 is 2.59 bits per heavy atom. The number of nitrogens with zero attached hydrogens (tertiary/aromatic N) is 2. The molecule has 1 heterocycles. The molecule has 0 radical (unpaired) electrons. The summed E-state index contributed by atoms with van der Waals surface area (Å²) >= 11 is 0. The second kappa shape index (κ2) is 8.65. The van der Waals surface area contributed by atoms with Crippen molar-refractivity contribution < 1.29 is 9.32 Å². The fourth-order valence-corrected chi connectivity index (χ4v) is 5.32. The van der Waals surface area contributed by atoms with Crippen molar-refractivity contribution >= 4 is 6.29 Å². The van der Waals surface area contributed by atoms with E-state index in [-0.39, 0.29) is 5.92 Å². The normalized spacial score (nSPS) is 21.1. The summed E-state index contributed by atoms with van der Waals surface area (Å²) in [7, 11) is 0. The summed E-state index contributed by atoms with van der Waals surface area (Å²) in [5.41, 5.74) is 8.18. The summed E-state index contributed by atoms with van der Waals surface area (Å²) in [4.78, 5) is 15.6. The van der Waals surface area contributed by atoms with Crippen LogP contribution in [0, 0.1) is 12.8 Å². The van der Waals surface area contributed by atoms with Crippen molar-refractivity contribution in [2.75, 3.05) is 0 Å². The largest absolute Gasteiger partial charge is 0.334 e. The van der Waals surface area contributed by atoms with Gasteiger partial charge in [-0.1, -0.05) is 53.7 Å². The number of carbonyl (C=O) groups is 1. The first kappa shape index (κ1) is 21.0. The summed E-state index contributed by atoms with van der Waals surface area (Å²) in [6, 6.07) is 24.0. The Bertz CT molecular complexity index is 1340. The number of hydrogen-bond acceptors (Lipinski definition) is 5. The van der Waals surface area contributed by atoms with E-state index in [0.717, 1.165) is 43.1 Å². The highest BCUT2D eigenvalue weighted by atomic mass is 16.5. The van der Waals surface area contributed by atoms with Gasteiger partial charge in [-0.05, 0) is 78.6 Å². The molecule has 1 fully saturated rings. The molecule has 0 saturated heterocycles. The van der Waals surface area contributed by atoms with E-state index in [0.29, 0.717) is 23.8 Å². The van der Waals surface area contributed by atoms with Crippen LogP contribution in [0.25, 0.3) is 34.0 Å². The van der Waals surface area contributed by atoms with Crippen molar-refractivity contribution in [2.24, 2.45) is 5.92 Å². The Morgan fingerprint density at radius 1 is 0.971 bits per heavy atom. The maximum atomic E-state index is 10.9. The molecule has 1 saturated carbocycles. The third-order valence-electron chi connectivity index (χ3n) is 7.27. The van der Waals surface area contributed by atoms with Gasteiger partial charge in [-0.15, -0.1) is 0 Å². The number of fused-ring (bicyclic) bond motifs is 1. The lowest BCUT2D eigenvalue weighted by molar-refractivity contribution is -0.113. The van der Waals surface area contributed by atoms with Gasteiger partial charge in [0, 0.05) is 29.1 Å². The van der Waals surface area contributed by atoms with Crippen molar-refractivity contribution in [2.45, 2.75) is 44.7 Å². The topological polar surface area (TPSA) is 68.0 Å². The fourth-order valence-electron chi connectivity index (χ4n) is 5.32. The van der Waals surface area contributed by atoms with Crippen LogP contribution >= 0.6 is 0 Å². The molecule has 0 unspecified atom stereocenters. The molecule has 0 amide bonds. The van der Waals surface area contributed by atoms with Gasteiger partial charge in [-0.2, -0.15) is 4.98 Å². The van der Waals surface area contributed by atoms with Crippen LogP contribution in [0.4, 0.5) is 0 Å². The maximum absolute atomic E-state index is 10.9. The van der Waals surface area contributed by atoms with E-state index in [9.17, 15) is 4.79 Å². The second-order valence-electron chi connectivity index (χ2n) is 9.55. The number of aldehydes is 1. The van der Waals surface area contributed by atoms with Crippen LogP contribution in [0.2, 0.25) is 0 Å². The third-order valence-corrected chi connectivity index (χ3v) is 7.27. The van der Waals surface area contributed by atoms with E-state index >= 15 is 0 Å². The summed E-state index contributed by atoms with van der Waals surface area (Å²) in [6.07, 6.45) is 5.14. The maximum Gasteiger partial charge on any atom is 0.258 e. The third kappa shape index (κ3) is 3.86. The minimum Gasteiger partial charge on any atom is -0.334 e. The molecule has 34 heavy (non-hydrogen) atoms. The highest BCUT2D eigenvalue weighted by Crippen LogP contribution is 2.37. The van der Waals surface area contributed by atoms with Gasteiger partial charge in [0.15, 0.2) is 0 Å². The number of aromatic nitrogens is 2. The molecule has 0 aliphatic heterocycles. The smallest absolute Gasteiger partial charge is 0.258 e. The van der Waals surface area contributed by atoms with Crippen LogP contribution in [-0.4, -0.2) is 22.5 Å². The van der Waals surface area contributed by atoms with E-state index in [2.05, 4.69) is 72.0 Å². The Hall–Kier alpha value is -3.57. The Balaban J connectivity index is 1.20. The van der Waals surface area contributed by atoms with E-state index in [1.807, 2.05) is 12.1 Å². The monoisotopic (exact) mass is 449 g/mol. The summed E-state index contributed by atoms with van der Waals surface area (Å²) in [5, 5.41) is 8.00. The van der Waals surface area contributed by atoms with Gasteiger partial charge in [0.05, 0.1) is 0 Å². The Kier molecular flexibility index (Phi) is 5.34. The minimum absolute atomic E-state index is 0.242. The minimum atomic E-state index is 0.242. The second-order valence-corrected chi connectivity index (χ2v) is 9.55. The number of aryl methyl sites for hydroxylation is 2. The summed E-state index contributed by atoms with van der Waals surface area (Å²) < 4.78 is 5.64. The lowest BCUT2D eigenvalue weighted by Gasteiger charge is -2.35. The van der Waals surface area contributed by atoms with E-state index < -0.39 is 0 Å². The zero-order valence-electron chi connectivity index (χ0n) is 19.2. The van der Waals surface area contributed by atoms with Crippen LogP contribution in [0.15, 0.2) is 71.3 Å². The fraction of sp³-hybridized carbons (Fsp3) is 0.276. The molecule has 1 aromatic heterocycles. The molecule has 6 rings (SSSR count). The lowest BCUT2D eigenvalue weighted by Crippen LogP contribution is -2.43. The first-order valence-corrected chi connectivity index (χ1v) is 12.0. The summed E-state index contributed by atoms with van der Waals surface area (Å²) in [5.74, 6) is 1.39. The Labute approximate surface area is 199 Å². The van der Waals surface area contributed by atoms with E-state index in [4.69, 9.17) is 9.51 Å². The van der Waals surface area contributed by atoms with Crippen molar-refractivity contribution in [3.63, 3.8) is 0 Å². The molecule has 0 bridgehead atoms. The van der Waals surface area contributed by atoms with E-state index in [1.165, 1.54) is 27.8 Å². The standard InChI is InChI=1S/C29H27N3O2/c1-18-13-23(8-10-25(18)20-5-3-2-4-6-20)29-31-28(32-34-29)22-7-11-26-21(16-22)9-12-27(26)30-24-14-19(15-24)17-33/h2-8,10-11,13,16-17,19,24,27,30H,9,12,14-15H2,1H3/t19-,24-,27-/m0/s1. The molecular weight excluding hydrogens is 422 g/mol. The molecule has 0 spiro atoms. The van der Waals surface area contributed by atoms with Gasteiger partial charge in [-0.3, -0.25) is 0 Å². The first-order valence-electron chi connectivity index (χ1n) is 12.0. The van der Waals surface area contributed by atoms with Crippen LogP contribution in [0.5, 0.6) is 0 Å². The molecule has 2 aliphatic carbocycles. The predicted octanol–water partition coefficient (Wildman–Crippen LogP) is 5.93. The van der Waals surface area contributed by atoms with Gasteiger partial charge in [0.1, 0.15) is 6.29 Å². The molecular formula is C29H27N3O2. The van der Waals surface area contributed by atoms with Crippen LogP contribution < -0.4 is 5.32 Å². The van der Waals surface area contributed by atoms with Crippen LogP contribution in [-0.2, 0) is 11.2 Å². The quantitative estimate of drug-likeness (QED) is 0.369. The summed E-state index contributed by atoms with van der Waals surface area (Å²) in [6.45, 7) is 2.11. The lowest BCUT2D eigenvalue weighted by atomic mass is 9.81. The molecule has 1 atom stereocenters. The van der Waals surface area contributed by atoms with Crippen LogP contribution in [0.3, 0.4) is 0 Å². The van der Waals surface area contributed by atoms with Gasteiger partial charge < -0.3 is 14.6 Å². The molecule has 170 valence electrons. The number of benzene rings is 3. The molecule has 3 aromatic carbocycles. The molecule has 4 aromatic rings. The average molecular weight is 450 g/mol. The zero-order valence-corrected chi connectivity index (χ0v) is 19.2. The zero-order chi connectivity index (χ0) is 23.1. The number of rotatable bonds is 6. The van der Waals surface area contributed by atoms with Gasteiger partial charge in [0.25, 0.3) is 5.89 Å². The Morgan fingerprint density at radius 2 is 1.79 bits per heavy atom. The first-order chi connectivity index (χ1) is 16.7. The average Bonchev–Trinajstić information content (AvgIpc) is 3.49. The molecule has 2 aliphatic rings. The van der Waals surface area contributed by atoms with Gasteiger partial charge >= 0.3 is 0 Å². The van der Waals surface area contributed by atoms with Crippen molar-refractivity contribution in [3.05, 3.63) is 83.4 Å². The highest BCUT2D eigenvalue weighted by molar-refractivity contribution is 5.71. The molecule has 5 nitrogen and oxygen atoms in total. The highest BCUT2D eigenvalue weighted by Gasteiger charge is 2.32. The number of hydrogen-bond donors (Lipinski definition) is 1. The molecule has 1 N–H and O–H groups in total. The van der Waals surface area contributed by atoms with Crippen LogP contribution in [0.1, 0.15) is 42.0 Å².